The molecular formula is C25H32O6. The van der Waals surface area contributed by atoms with Crippen LogP contribution in [0.25, 0.3) is 5.57 Å². The Labute approximate surface area is 184 Å². The maximum atomic E-state index is 12.0. The van der Waals surface area contributed by atoms with Crippen molar-refractivity contribution in [1.29, 1.82) is 0 Å². The number of benzene rings is 2. The second kappa shape index (κ2) is 12.6. The molecule has 0 aliphatic heterocycles. The first-order valence-corrected chi connectivity index (χ1v) is 10.4. The van der Waals surface area contributed by atoms with Crippen LogP contribution in [0.4, 0.5) is 0 Å². The van der Waals surface area contributed by atoms with Crippen molar-refractivity contribution in [3.05, 3.63) is 59.7 Å². The van der Waals surface area contributed by atoms with E-state index in [-0.39, 0.29) is 5.97 Å². The molecule has 0 radical (unpaired) electrons. The molecule has 0 N–H and O–H groups in total. The Morgan fingerprint density at radius 2 is 1.58 bits per heavy atom. The summed E-state index contributed by atoms with van der Waals surface area (Å²) in [6, 6.07) is 13.4. The van der Waals surface area contributed by atoms with E-state index in [4.69, 9.17) is 23.7 Å². The fraction of sp³-hybridized carbons (Fsp3) is 0.400. The van der Waals surface area contributed by atoms with E-state index in [1.54, 1.807) is 21.1 Å². The van der Waals surface area contributed by atoms with Crippen LogP contribution in [0.5, 0.6) is 17.2 Å². The lowest BCUT2D eigenvalue weighted by Crippen LogP contribution is -2.28. The maximum Gasteiger partial charge on any atom is 0.335 e. The molecule has 0 saturated carbocycles. The van der Waals surface area contributed by atoms with E-state index in [9.17, 15) is 4.79 Å². The monoisotopic (exact) mass is 428 g/mol. The van der Waals surface area contributed by atoms with Crippen molar-refractivity contribution in [2.45, 2.75) is 33.3 Å². The predicted octanol–water partition coefficient (Wildman–Crippen LogP) is 4.70. The third-order valence-corrected chi connectivity index (χ3v) is 4.71. The molecular weight excluding hydrogens is 396 g/mol. The van der Waals surface area contributed by atoms with Gasteiger partial charge in [0.2, 0.25) is 0 Å². The van der Waals surface area contributed by atoms with Crippen molar-refractivity contribution in [3.63, 3.8) is 0 Å². The Morgan fingerprint density at radius 1 is 0.935 bits per heavy atom. The lowest BCUT2D eigenvalue weighted by molar-refractivity contribution is -0.156. The summed E-state index contributed by atoms with van der Waals surface area (Å²) in [5, 5.41) is 0. The van der Waals surface area contributed by atoms with Crippen LogP contribution in [0.2, 0.25) is 0 Å². The summed E-state index contributed by atoms with van der Waals surface area (Å²) in [5.74, 6) is 1.90. The third-order valence-electron chi connectivity index (χ3n) is 4.71. The number of methoxy groups -OCH3 is 2. The summed E-state index contributed by atoms with van der Waals surface area (Å²) in [6.07, 6.45) is 1.87. The van der Waals surface area contributed by atoms with Crippen molar-refractivity contribution < 1.29 is 28.5 Å². The summed E-state index contributed by atoms with van der Waals surface area (Å²) in [4.78, 5) is 12.0. The van der Waals surface area contributed by atoms with Gasteiger partial charge in [-0.3, -0.25) is 0 Å². The molecule has 0 aliphatic carbocycles. The predicted molar refractivity (Wildman–Crippen MR) is 121 cm³/mol. The molecule has 0 aliphatic rings. The Balaban J connectivity index is 1.96. The van der Waals surface area contributed by atoms with Gasteiger partial charge in [-0.15, -0.1) is 0 Å². The lowest BCUT2D eigenvalue weighted by Gasteiger charge is -2.15. The zero-order valence-electron chi connectivity index (χ0n) is 19.0. The summed E-state index contributed by atoms with van der Waals surface area (Å²) in [6.45, 7) is 6.88. The molecule has 168 valence electrons. The highest BCUT2D eigenvalue weighted by molar-refractivity contribution is 5.75. The Bertz CT molecular complexity index is 835. The molecule has 2 aromatic carbocycles. The van der Waals surface area contributed by atoms with Gasteiger partial charge in [0.05, 0.1) is 20.8 Å². The summed E-state index contributed by atoms with van der Waals surface area (Å²) >= 11 is 0. The second-order valence-corrected chi connectivity index (χ2v) is 6.84. The number of carbonyl (C=O) groups is 1. The van der Waals surface area contributed by atoms with Crippen LogP contribution < -0.4 is 14.2 Å². The number of hydrogen-bond donors (Lipinski definition) is 0. The van der Waals surface area contributed by atoms with Crippen molar-refractivity contribution in [2.24, 2.45) is 0 Å². The van der Waals surface area contributed by atoms with Crippen LogP contribution in [0.15, 0.2) is 48.5 Å². The molecule has 0 heterocycles. The largest absolute Gasteiger partial charge is 0.497 e. The second-order valence-electron chi connectivity index (χ2n) is 6.84. The molecule has 1 unspecified atom stereocenters. The van der Waals surface area contributed by atoms with Crippen LogP contribution in [0.1, 0.15) is 31.9 Å². The first-order chi connectivity index (χ1) is 15.0. The van der Waals surface area contributed by atoms with E-state index < -0.39 is 6.10 Å². The smallest absolute Gasteiger partial charge is 0.335 e. The minimum atomic E-state index is -0.595. The van der Waals surface area contributed by atoms with Crippen molar-refractivity contribution >= 4 is 11.5 Å². The van der Waals surface area contributed by atoms with Gasteiger partial charge in [-0.25, -0.2) is 4.79 Å². The molecule has 1 atom stereocenters. The molecule has 6 nitrogen and oxygen atoms in total. The van der Waals surface area contributed by atoms with Crippen molar-refractivity contribution in [1.82, 2.24) is 0 Å². The van der Waals surface area contributed by atoms with Crippen LogP contribution >= 0.6 is 0 Å². The number of allylic oxidation sites excluding steroid dienone is 1. The molecule has 0 amide bonds. The quantitative estimate of drug-likeness (QED) is 0.457. The molecule has 31 heavy (non-hydrogen) atoms. The number of rotatable bonds is 12. The molecule has 0 aromatic heterocycles. The SMILES string of the molecule is CCOC(=O)C(Cc1ccc(OC/C=C(/C)c2cc(OC)cc(OC)c2)cc1)OCC. The van der Waals surface area contributed by atoms with Crippen LogP contribution in [-0.2, 0) is 20.7 Å². The van der Waals surface area contributed by atoms with Crippen LogP contribution in [0, 0.1) is 0 Å². The molecule has 0 spiro atoms. The maximum absolute atomic E-state index is 12.0. The van der Waals surface area contributed by atoms with Gasteiger partial charge < -0.3 is 23.7 Å². The van der Waals surface area contributed by atoms with Gasteiger partial charge in [0.1, 0.15) is 23.9 Å². The highest BCUT2D eigenvalue weighted by atomic mass is 16.6. The summed E-state index contributed by atoms with van der Waals surface area (Å²) in [7, 11) is 3.27. The number of esters is 1. The molecule has 2 rings (SSSR count). The van der Waals surface area contributed by atoms with Gasteiger partial charge in [0, 0.05) is 19.1 Å². The fourth-order valence-corrected chi connectivity index (χ4v) is 3.00. The van der Waals surface area contributed by atoms with E-state index >= 15 is 0 Å². The minimum Gasteiger partial charge on any atom is -0.497 e. The van der Waals surface area contributed by atoms with Crippen LogP contribution in [0.3, 0.4) is 0 Å². The average molecular weight is 429 g/mol. The van der Waals surface area contributed by atoms with E-state index in [2.05, 4.69) is 0 Å². The van der Waals surface area contributed by atoms with E-state index in [1.165, 1.54) is 0 Å². The number of carbonyl (C=O) groups excluding carboxylic acids is 1. The standard InChI is InChI=1S/C25H32O6/c1-6-29-24(25(26)30-7-2)14-19-8-10-21(11-9-19)31-13-12-18(3)20-15-22(27-4)17-23(16-20)28-5/h8-12,15-17,24H,6-7,13-14H2,1-5H3/b18-12-. The Morgan fingerprint density at radius 3 is 2.13 bits per heavy atom. The summed E-state index contributed by atoms with van der Waals surface area (Å²) in [5.41, 5.74) is 3.05. The minimum absolute atomic E-state index is 0.334. The topological polar surface area (TPSA) is 63.2 Å². The normalized spacial score (nSPS) is 12.2. The number of ether oxygens (including phenoxy) is 5. The molecule has 0 bridgehead atoms. The van der Waals surface area contributed by atoms with Crippen LogP contribution in [-0.4, -0.2) is 46.1 Å². The highest BCUT2D eigenvalue weighted by Crippen LogP contribution is 2.27. The molecule has 6 heteroatoms. The van der Waals surface area contributed by atoms with E-state index in [0.29, 0.717) is 26.2 Å². The van der Waals surface area contributed by atoms with E-state index in [1.807, 2.05) is 62.4 Å². The lowest BCUT2D eigenvalue weighted by atomic mass is 10.1. The van der Waals surface area contributed by atoms with Gasteiger partial charge in [-0.05, 0) is 67.8 Å². The van der Waals surface area contributed by atoms with Crippen molar-refractivity contribution in [2.75, 3.05) is 34.0 Å². The Hall–Kier alpha value is -2.99. The zero-order chi connectivity index (χ0) is 22.6. The first kappa shape index (κ1) is 24.3. The molecule has 2 aromatic rings. The summed E-state index contributed by atoms with van der Waals surface area (Å²) < 4.78 is 27.1. The average Bonchev–Trinajstić information content (AvgIpc) is 2.79. The first-order valence-electron chi connectivity index (χ1n) is 10.4. The number of hydrogen-bond acceptors (Lipinski definition) is 6. The van der Waals surface area contributed by atoms with Gasteiger partial charge in [-0.2, -0.15) is 0 Å². The fourth-order valence-electron chi connectivity index (χ4n) is 3.00. The molecule has 0 saturated heterocycles. The van der Waals surface area contributed by atoms with Gasteiger partial charge >= 0.3 is 5.97 Å². The van der Waals surface area contributed by atoms with Gasteiger partial charge in [-0.1, -0.05) is 12.1 Å². The van der Waals surface area contributed by atoms with Crippen molar-refractivity contribution in [3.8, 4) is 17.2 Å². The Kier molecular flexibility index (Phi) is 9.91. The van der Waals surface area contributed by atoms with Gasteiger partial charge in [0.15, 0.2) is 6.10 Å². The third kappa shape index (κ3) is 7.64. The van der Waals surface area contributed by atoms with Gasteiger partial charge in [0.25, 0.3) is 0 Å². The molecule has 0 fully saturated rings. The zero-order valence-corrected chi connectivity index (χ0v) is 19.0. The highest BCUT2D eigenvalue weighted by Gasteiger charge is 2.20. The van der Waals surface area contributed by atoms with E-state index in [0.717, 1.165) is 33.9 Å².